The first kappa shape index (κ1) is 18.2. The van der Waals surface area contributed by atoms with Gasteiger partial charge in [0.15, 0.2) is 0 Å². The average molecular weight is 335 g/mol. The fraction of sp³-hybridized carbons (Fsp3) is 0.529. The van der Waals surface area contributed by atoms with Gasteiger partial charge >= 0.3 is 0 Å². The Bertz CT molecular complexity index is 527. The number of nitrogens with one attached hydrogen (secondary N) is 2. The van der Waals surface area contributed by atoms with E-state index >= 15 is 0 Å². The van der Waals surface area contributed by atoms with E-state index in [9.17, 15) is 9.59 Å². The van der Waals surface area contributed by atoms with Crippen LogP contribution in [0.3, 0.4) is 0 Å². The number of amides is 2. The van der Waals surface area contributed by atoms with E-state index in [2.05, 4.69) is 15.5 Å². The van der Waals surface area contributed by atoms with E-state index < -0.39 is 0 Å². The van der Waals surface area contributed by atoms with E-state index in [4.69, 9.17) is 9.47 Å². The Labute approximate surface area is 142 Å². The summed E-state index contributed by atoms with van der Waals surface area (Å²) in [5, 5.41) is 5.47. The maximum atomic E-state index is 11.9. The highest BCUT2D eigenvalue weighted by Crippen LogP contribution is 2.15. The maximum absolute atomic E-state index is 11.9. The monoisotopic (exact) mass is 335 g/mol. The van der Waals surface area contributed by atoms with Gasteiger partial charge in [-0.2, -0.15) is 0 Å². The lowest BCUT2D eigenvalue weighted by Gasteiger charge is -2.26. The molecule has 1 aliphatic heterocycles. The number of benzene rings is 1. The van der Waals surface area contributed by atoms with Crippen molar-refractivity contribution in [3.05, 3.63) is 24.3 Å². The summed E-state index contributed by atoms with van der Waals surface area (Å²) in [7, 11) is 0. The van der Waals surface area contributed by atoms with Crippen LogP contribution in [0.5, 0.6) is 5.75 Å². The number of rotatable bonds is 8. The van der Waals surface area contributed by atoms with Gasteiger partial charge in [-0.25, -0.2) is 0 Å². The summed E-state index contributed by atoms with van der Waals surface area (Å²) in [5.41, 5.74) is 0.643. The molecule has 1 fully saturated rings. The Morgan fingerprint density at radius 1 is 1.17 bits per heavy atom. The predicted octanol–water partition coefficient (Wildman–Crippen LogP) is 0.862. The summed E-state index contributed by atoms with van der Waals surface area (Å²) in [5.74, 6) is 0.145. The molecule has 2 rings (SSSR count). The van der Waals surface area contributed by atoms with Crippen molar-refractivity contribution < 1.29 is 19.1 Å². The number of morpholine rings is 1. The summed E-state index contributed by atoms with van der Waals surface area (Å²) >= 11 is 0. The van der Waals surface area contributed by atoms with Crippen LogP contribution in [0.4, 0.5) is 5.69 Å². The van der Waals surface area contributed by atoms with Gasteiger partial charge in [0.05, 0.1) is 19.8 Å². The lowest BCUT2D eigenvalue weighted by atomic mass is 10.3. The van der Waals surface area contributed by atoms with E-state index in [1.807, 2.05) is 6.92 Å². The summed E-state index contributed by atoms with van der Waals surface area (Å²) < 4.78 is 10.6. The van der Waals surface area contributed by atoms with Gasteiger partial charge in [0.1, 0.15) is 12.2 Å². The van der Waals surface area contributed by atoms with Crippen molar-refractivity contribution in [2.24, 2.45) is 0 Å². The molecule has 132 valence electrons. The molecule has 2 amide bonds. The molecule has 1 heterocycles. The van der Waals surface area contributed by atoms with Crippen molar-refractivity contribution in [2.75, 3.05) is 51.3 Å². The third-order valence-electron chi connectivity index (χ3n) is 3.62. The molecule has 0 bridgehead atoms. The molecule has 1 saturated heterocycles. The molecule has 24 heavy (non-hydrogen) atoms. The molecule has 0 spiro atoms. The Kier molecular flexibility index (Phi) is 7.51. The first-order chi connectivity index (χ1) is 11.7. The number of carbonyl (C=O) groups excluding carboxylic acids is 2. The molecule has 1 aromatic rings. The number of hydrogen-bond donors (Lipinski definition) is 2. The van der Waals surface area contributed by atoms with Crippen LogP contribution in [0.1, 0.15) is 13.3 Å². The largest absolute Gasteiger partial charge is 0.494 e. The molecule has 1 aliphatic rings. The fourth-order valence-electron chi connectivity index (χ4n) is 2.39. The van der Waals surface area contributed by atoms with E-state index in [-0.39, 0.29) is 18.2 Å². The second-order valence-electron chi connectivity index (χ2n) is 5.49. The standard InChI is InChI=1S/C17H25N3O4/c1-2-24-15-5-3-14(4-6-15)19-17(22)13-16(21)18-7-8-20-9-11-23-12-10-20/h3-6H,2,7-13H2,1H3,(H,18,21)(H,19,22). The topological polar surface area (TPSA) is 79.9 Å². The van der Waals surface area contributed by atoms with Gasteiger partial charge in [0.25, 0.3) is 0 Å². The van der Waals surface area contributed by atoms with Crippen LogP contribution >= 0.6 is 0 Å². The van der Waals surface area contributed by atoms with Crippen LogP contribution in [0, 0.1) is 0 Å². The zero-order chi connectivity index (χ0) is 17.2. The highest BCUT2D eigenvalue weighted by atomic mass is 16.5. The molecule has 0 unspecified atom stereocenters. The molecular formula is C17H25N3O4. The minimum atomic E-state index is -0.331. The van der Waals surface area contributed by atoms with Crippen LogP contribution in [-0.4, -0.2) is 62.7 Å². The lowest BCUT2D eigenvalue weighted by Crippen LogP contribution is -2.41. The first-order valence-corrected chi connectivity index (χ1v) is 8.27. The van der Waals surface area contributed by atoms with Crippen LogP contribution in [0.15, 0.2) is 24.3 Å². The zero-order valence-corrected chi connectivity index (χ0v) is 14.0. The van der Waals surface area contributed by atoms with Gasteiger partial charge in [-0.1, -0.05) is 0 Å². The van der Waals surface area contributed by atoms with Gasteiger partial charge in [0, 0.05) is 31.9 Å². The minimum Gasteiger partial charge on any atom is -0.494 e. The average Bonchev–Trinajstić information content (AvgIpc) is 2.58. The van der Waals surface area contributed by atoms with Crippen molar-refractivity contribution in [1.82, 2.24) is 10.2 Å². The number of nitrogens with zero attached hydrogens (tertiary/aromatic N) is 1. The Morgan fingerprint density at radius 3 is 2.54 bits per heavy atom. The second kappa shape index (κ2) is 9.89. The minimum absolute atomic E-state index is 0.184. The van der Waals surface area contributed by atoms with Crippen molar-refractivity contribution in [3.63, 3.8) is 0 Å². The molecule has 0 aromatic heterocycles. The SMILES string of the molecule is CCOc1ccc(NC(=O)CC(=O)NCCN2CCOCC2)cc1. The first-order valence-electron chi connectivity index (χ1n) is 8.27. The highest BCUT2D eigenvalue weighted by molar-refractivity contribution is 6.03. The van der Waals surface area contributed by atoms with Gasteiger partial charge in [-0.05, 0) is 31.2 Å². The Morgan fingerprint density at radius 2 is 1.88 bits per heavy atom. The third kappa shape index (κ3) is 6.55. The molecule has 0 radical (unpaired) electrons. The van der Waals surface area contributed by atoms with Crippen molar-refractivity contribution in [1.29, 1.82) is 0 Å². The molecule has 7 heteroatoms. The molecule has 0 atom stereocenters. The van der Waals surface area contributed by atoms with Crippen LogP contribution < -0.4 is 15.4 Å². The van der Waals surface area contributed by atoms with Gasteiger partial charge in [0.2, 0.25) is 11.8 Å². The molecule has 2 N–H and O–H groups in total. The highest BCUT2D eigenvalue weighted by Gasteiger charge is 2.12. The molecule has 0 aliphatic carbocycles. The van der Waals surface area contributed by atoms with Crippen LogP contribution in [-0.2, 0) is 14.3 Å². The number of anilines is 1. The summed E-state index contributed by atoms with van der Waals surface area (Å²) in [4.78, 5) is 25.9. The van der Waals surface area contributed by atoms with Crippen molar-refractivity contribution in [3.8, 4) is 5.75 Å². The number of hydrogen-bond acceptors (Lipinski definition) is 5. The summed E-state index contributed by atoms with van der Waals surface area (Å²) in [6.07, 6.45) is -0.184. The molecule has 1 aromatic carbocycles. The lowest BCUT2D eigenvalue weighted by molar-refractivity contribution is -0.126. The van der Waals surface area contributed by atoms with Crippen LogP contribution in [0.25, 0.3) is 0 Å². The van der Waals surface area contributed by atoms with Crippen molar-refractivity contribution in [2.45, 2.75) is 13.3 Å². The summed E-state index contributed by atoms with van der Waals surface area (Å²) in [6.45, 7) is 7.05. The summed E-state index contributed by atoms with van der Waals surface area (Å²) in [6, 6.07) is 7.06. The van der Waals surface area contributed by atoms with E-state index in [1.54, 1.807) is 24.3 Å². The maximum Gasteiger partial charge on any atom is 0.233 e. The normalized spacial score (nSPS) is 14.9. The van der Waals surface area contributed by atoms with E-state index in [0.717, 1.165) is 38.6 Å². The van der Waals surface area contributed by atoms with Crippen molar-refractivity contribution >= 4 is 17.5 Å². The predicted molar refractivity (Wildman–Crippen MR) is 91.1 cm³/mol. The smallest absolute Gasteiger partial charge is 0.233 e. The number of ether oxygens (including phenoxy) is 2. The fourth-order valence-corrected chi connectivity index (χ4v) is 2.39. The van der Waals surface area contributed by atoms with Gasteiger partial charge < -0.3 is 20.1 Å². The zero-order valence-electron chi connectivity index (χ0n) is 14.0. The Hall–Kier alpha value is -2.12. The van der Waals surface area contributed by atoms with Gasteiger partial charge in [-0.15, -0.1) is 0 Å². The van der Waals surface area contributed by atoms with Gasteiger partial charge in [-0.3, -0.25) is 14.5 Å². The third-order valence-corrected chi connectivity index (χ3v) is 3.62. The number of carbonyl (C=O) groups is 2. The molecular weight excluding hydrogens is 310 g/mol. The molecule has 7 nitrogen and oxygen atoms in total. The quantitative estimate of drug-likeness (QED) is 0.689. The van der Waals surface area contributed by atoms with Crippen LogP contribution in [0.2, 0.25) is 0 Å². The second-order valence-corrected chi connectivity index (χ2v) is 5.49. The van der Waals surface area contributed by atoms with E-state index in [0.29, 0.717) is 18.8 Å². The Balaban J connectivity index is 1.64. The van der Waals surface area contributed by atoms with E-state index in [1.165, 1.54) is 0 Å². The molecule has 0 saturated carbocycles.